The Kier molecular flexibility index (Phi) is 7.49. The van der Waals surface area contributed by atoms with E-state index < -0.39 is 22.4 Å². The smallest absolute Gasteiger partial charge is 0.269 e. The van der Waals surface area contributed by atoms with E-state index in [0.29, 0.717) is 44.3 Å². The maximum absolute atomic E-state index is 14.3. The lowest BCUT2D eigenvalue weighted by Gasteiger charge is -2.22. The summed E-state index contributed by atoms with van der Waals surface area (Å²) in [7, 11) is 0. The van der Waals surface area contributed by atoms with Crippen LogP contribution >= 0.6 is 11.3 Å². The molecule has 1 aliphatic carbocycles. The second-order valence-corrected chi connectivity index (χ2v) is 11.3. The molecule has 0 radical (unpaired) electrons. The van der Waals surface area contributed by atoms with Crippen molar-refractivity contribution in [2.45, 2.75) is 32.6 Å². The normalized spacial score (nSPS) is 13.7. The summed E-state index contributed by atoms with van der Waals surface area (Å²) in [6.45, 7) is 1.71. The Bertz CT molecular complexity index is 1950. The number of anilines is 1. The molecule has 1 N–H and O–H groups in total. The number of benzene rings is 3. The predicted octanol–water partition coefficient (Wildman–Crippen LogP) is 8.05. The molecule has 1 aliphatic rings. The molecule has 0 saturated heterocycles. The molecule has 0 unspecified atom stereocenters. The molecule has 5 aromatic rings. The van der Waals surface area contributed by atoms with Gasteiger partial charge >= 0.3 is 0 Å². The molecule has 0 bridgehead atoms. The molecule has 7 nitrogen and oxygen atoms in total. The van der Waals surface area contributed by atoms with Gasteiger partial charge in [0.25, 0.3) is 11.6 Å². The summed E-state index contributed by atoms with van der Waals surface area (Å²) < 4.78 is 41.5. The van der Waals surface area contributed by atoms with Crippen molar-refractivity contribution in [3.05, 3.63) is 127 Å². The Morgan fingerprint density at radius 3 is 2.56 bits per heavy atom. The van der Waals surface area contributed by atoms with Gasteiger partial charge in [0.05, 0.1) is 27.4 Å². The van der Waals surface area contributed by atoms with Crippen LogP contribution in [0.5, 0.6) is 0 Å². The van der Waals surface area contributed by atoms with Crippen molar-refractivity contribution >= 4 is 50.6 Å². The number of carbonyl (C=O) groups excluding carboxylic acids is 1. The van der Waals surface area contributed by atoms with Gasteiger partial charge in [0.2, 0.25) is 0 Å². The van der Waals surface area contributed by atoms with Crippen LogP contribution in [0, 0.1) is 34.5 Å². The van der Waals surface area contributed by atoms with Gasteiger partial charge in [-0.05, 0) is 78.8 Å². The lowest BCUT2D eigenvalue weighted by molar-refractivity contribution is -0.384. The molecule has 11 heteroatoms. The summed E-state index contributed by atoms with van der Waals surface area (Å²) in [6, 6.07) is 15.7. The lowest BCUT2D eigenvalue weighted by atomic mass is 9.85. The molecule has 1 amide bonds. The second kappa shape index (κ2) is 11.4. The number of aryl methyl sites for hydroxylation is 1. The maximum atomic E-state index is 14.3. The van der Waals surface area contributed by atoms with Crippen LogP contribution in [0.4, 0.5) is 24.0 Å². The molecular weight excluding hydrogens is 577 g/mol. The van der Waals surface area contributed by atoms with Crippen LogP contribution < -0.4 is 5.32 Å². The molecule has 2 aromatic heterocycles. The summed E-state index contributed by atoms with van der Waals surface area (Å²) in [5.74, 6) is -4.39. The summed E-state index contributed by atoms with van der Waals surface area (Å²) in [6.07, 6.45) is 4.08. The number of nitrogens with one attached hydrogen (secondary N) is 1. The van der Waals surface area contributed by atoms with E-state index in [2.05, 4.69) is 10.3 Å². The Morgan fingerprint density at radius 2 is 1.79 bits per heavy atom. The number of allylic oxidation sites excluding steroid dienone is 1. The van der Waals surface area contributed by atoms with E-state index in [1.807, 2.05) is 30.3 Å². The van der Waals surface area contributed by atoms with Crippen LogP contribution in [-0.2, 0) is 12.8 Å². The van der Waals surface area contributed by atoms with E-state index in [0.717, 1.165) is 46.9 Å². The maximum Gasteiger partial charge on any atom is 0.269 e. The Labute approximate surface area is 247 Å². The standard InChI is InChI=1S/C32H23F3N4O3S/c1-17-26(16-19-11-14-24(33)29(35)28(19)34)43-32(36-17)38-31(40)27-22-6-2-3-8-25(22)37-30-20(5-4-7-23(27)30)15-18-9-12-21(13-10-18)39(41)42/h2-3,6,8-15H,4-5,7,16H2,1H3,(H,36,38,40)/b20-15-. The number of nitrogens with zero attached hydrogens (tertiary/aromatic N) is 3. The van der Waals surface area contributed by atoms with E-state index in [-0.39, 0.29) is 23.6 Å². The van der Waals surface area contributed by atoms with Gasteiger partial charge in [-0.25, -0.2) is 23.1 Å². The molecule has 0 saturated carbocycles. The molecule has 0 atom stereocenters. The zero-order valence-corrected chi connectivity index (χ0v) is 23.6. The summed E-state index contributed by atoms with van der Waals surface area (Å²) in [5, 5.41) is 14.9. The van der Waals surface area contributed by atoms with Crippen LogP contribution in [0.15, 0.2) is 60.7 Å². The third-order valence-electron chi connectivity index (χ3n) is 7.42. The molecule has 0 aliphatic heterocycles. The highest BCUT2D eigenvalue weighted by molar-refractivity contribution is 7.15. The first kappa shape index (κ1) is 28.2. The fourth-order valence-corrected chi connectivity index (χ4v) is 6.29. The highest BCUT2D eigenvalue weighted by Gasteiger charge is 2.26. The van der Waals surface area contributed by atoms with Gasteiger partial charge in [-0.1, -0.05) is 24.3 Å². The number of non-ortho nitro benzene ring substituents is 1. The predicted molar refractivity (Wildman–Crippen MR) is 160 cm³/mol. The number of hydrogen-bond acceptors (Lipinski definition) is 6. The molecule has 0 fully saturated rings. The van der Waals surface area contributed by atoms with Crippen molar-refractivity contribution in [3.8, 4) is 0 Å². The van der Waals surface area contributed by atoms with Gasteiger partial charge in [-0.15, -0.1) is 11.3 Å². The fourth-order valence-electron chi connectivity index (χ4n) is 5.31. The largest absolute Gasteiger partial charge is 0.298 e. The molecule has 2 heterocycles. The molecule has 43 heavy (non-hydrogen) atoms. The second-order valence-electron chi connectivity index (χ2n) is 10.2. The summed E-state index contributed by atoms with van der Waals surface area (Å²) >= 11 is 1.14. The van der Waals surface area contributed by atoms with E-state index in [1.165, 1.54) is 18.2 Å². The Hall–Kier alpha value is -4.90. The number of pyridine rings is 1. The number of fused-ring (bicyclic) bond motifs is 2. The fraction of sp³-hybridized carbons (Fsp3) is 0.156. The first-order valence-electron chi connectivity index (χ1n) is 13.5. The molecule has 216 valence electrons. The minimum atomic E-state index is -1.52. The number of halogens is 3. The van der Waals surface area contributed by atoms with Gasteiger partial charge in [-0.2, -0.15) is 0 Å². The van der Waals surface area contributed by atoms with Gasteiger partial charge in [-0.3, -0.25) is 20.2 Å². The highest BCUT2D eigenvalue weighted by atomic mass is 32.1. The topological polar surface area (TPSA) is 98.0 Å². The SMILES string of the molecule is Cc1nc(NC(=O)c2c3c(nc4ccccc24)/C(=C\c2ccc([N+](=O)[O-])cc2)CCC3)sc1Cc1ccc(F)c(F)c1F. The zero-order valence-electron chi connectivity index (χ0n) is 22.8. The highest BCUT2D eigenvalue weighted by Crippen LogP contribution is 2.37. The third kappa shape index (κ3) is 5.51. The van der Waals surface area contributed by atoms with E-state index in [4.69, 9.17) is 4.98 Å². The van der Waals surface area contributed by atoms with E-state index in [9.17, 15) is 28.1 Å². The van der Waals surface area contributed by atoms with Crippen molar-refractivity contribution in [2.75, 3.05) is 5.32 Å². The Morgan fingerprint density at radius 1 is 1.02 bits per heavy atom. The molecule has 0 spiro atoms. The minimum absolute atomic E-state index is 0.00446. The van der Waals surface area contributed by atoms with Crippen molar-refractivity contribution in [1.82, 2.24) is 9.97 Å². The summed E-state index contributed by atoms with van der Waals surface area (Å²) in [5.41, 5.74) is 4.89. The zero-order chi connectivity index (χ0) is 30.2. The lowest BCUT2D eigenvalue weighted by Crippen LogP contribution is -2.18. The molecule has 6 rings (SSSR count). The van der Waals surface area contributed by atoms with Gasteiger partial charge in [0, 0.05) is 28.8 Å². The number of para-hydroxylation sites is 1. The van der Waals surface area contributed by atoms with Gasteiger partial charge in [0.15, 0.2) is 22.6 Å². The first-order valence-corrected chi connectivity index (χ1v) is 14.3. The van der Waals surface area contributed by atoms with Gasteiger partial charge < -0.3 is 0 Å². The van der Waals surface area contributed by atoms with Crippen LogP contribution in [0.1, 0.15) is 56.2 Å². The number of aromatic nitrogens is 2. The average Bonchev–Trinajstić information content (AvgIpc) is 3.34. The van der Waals surface area contributed by atoms with Crippen molar-refractivity contribution in [1.29, 1.82) is 0 Å². The van der Waals surface area contributed by atoms with Crippen molar-refractivity contribution in [2.24, 2.45) is 0 Å². The van der Waals surface area contributed by atoms with Gasteiger partial charge in [0.1, 0.15) is 0 Å². The molecular formula is C32H23F3N4O3S. The van der Waals surface area contributed by atoms with Crippen LogP contribution in [0.3, 0.4) is 0 Å². The number of amides is 1. The number of nitro groups is 1. The average molecular weight is 601 g/mol. The number of rotatable bonds is 6. The van der Waals surface area contributed by atoms with Crippen LogP contribution in [0.25, 0.3) is 22.6 Å². The van der Waals surface area contributed by atoms with Crippen molar-refractivity contribution < 1.29 is 22.9 Å². The van der Waals surface area contributed by atoms with Crippen LogP contribution in [-0.4, -0.2) is 20.8 Å². The monoisotopic (exact) mass is 600 g/mol. The van der Waals surface area contributed by atoms with E-state index >= 15 is 0 Å². The quantitative estimate of drug-likeness (QED) is 0.121. The van der Waals surface area contributed by atoms with E-state index in [1.54, 1.807) is 19.1 Å². The number of hydrogen-bond donors (Lipinski definition) is 1. The van der Waals surface area contributed by atoms with Crippen molar-refractivity contribution in [3.63, 3.8) is 0 Å². The number of thiazole rings is 1. The summed E-state index contributed by atoms with van der Waals surface area (Å²) in [4.78, 5) is 34.5. The molecule has 3 aromatic carbocycles. The third-order valence-corrected chi connectivity index (χ3v) is 8.49. The Balaban J connectivity index is 1.35. The minimum Gasteiger partial charge on any atom is -0.298 e. The number of carbonyl (C=O) groups is 1. The first-order chi connectivity index (χ1) is 20.7. The van der Waals surface area contributed by atoms with Crippen LogP contribution in [0.2, 0.25) is 0 Å². The number of nitro benzene ring substituents is 1.